The van der Waals surface area contributed by atoms with Gasteiger partial charge in [-0.2, -0.15) is 0 Å². The van der Waals surface area contributed by atoms with Crippen molar-refractivity contribution in [3.63, 3.8) is 0 Å². The van der Waals surface area contributed by atoms with E-state index in [-0.39, 0.29) is 18.8 Å². The largest absolute Gasteiger partial charge is 0.244 e. The SMILES string of the molecule is CC1CCC(C2CC=C(C3CC(F)C(F)C(F)C3)CC2)CC1. The van der Waals surface area contributed by atoms with Crippen molar-refractivity contribution in [2.45, 2.75) is 83.2 Å². The molecule has 0 aromatic carbocycles. The average Bonchev–Trinajstić information content (AvgIpc) is 2.53. The molecule has 0 amide bonds. The second-order valence-electron chi connectivity index (χ2n) is 7.98. The third kappa shape index (κ3) is 3.54. The minimum atomic E-state index is -1.91. The highest BCUT2D eigenvalue weighted by Crippen LogP contribution is 2.43. The van der Waals surface area contributed by atoms with E-state index >= 15 is 0 Å². The van der Waals surface area contributed by atoms with Crippen LogP contribution in [-0.4, -0.2) is 18.5 Å². The Balaban J connectivity index is 1.55. The first kappa shape index (κ1) is 16.4. The van der Waals surface area contributed by atoms with E-state index in [1.54, 1.807) is 0 Å². The molecule has 2 saturated carbocycles. The second kappa shape index (κ2) is 6.97. The zero-order valence-corrected chi connectivity index (χ0v) is 13.6. The van der Waals surface area contributed by atoms with E-state index < -0.39 is 18.5 Å². The molecule has 126 valence electrons. The van der Waals surface area contributed by atoms with Crippen LogP contribution in [0.1, 0.15) is 64.7 Å². The first-order valence-electron chi connectivity index (χ1n) is 9.15. The summed E-state index contributed by atoms with van der Waals surface area (Å²) in [5.74, 6) is 2.42. The Morgan fingerprint density at radius 3 is 2.05 bits per heavy atom. The van der Waals surface area contributed by atoms with Crippen LogP contribution < -0.4 is 0 Å². The lowest BCUT2D eigenvalue weighted by molar-refractivity contribution is 0.0243. The molecule has 0 aromatic heterocycles. The van der Waals surface area contributed by atoms with Crippen LogP contribution in [0.2, 0.25) is 0 Å². The molecule has 0 aliphatic heterocycles. The third-order valence-electron chi connectivity index (χ3n) is 6.45. The van der Waals surface area contributed by atoms with Crippen molar-refractivity contribution in [3.05, 3.63) is 11.6 Å². The predicted octanol–water partition coefficient (Wildman–Crippen LogP) is 5.96. The molecule has 0 saturated heterocycles. The highest BCUT2D eigenvalue weighted by Gasteiger charge is 2.40. The second-order valence-corrected chi connectivity index (χ2v) is 7.98. The van der Waals surface area contributed by atoms with Gasteiger partial charge in [0.1, 0.15) is 12.3 Å². The summed E-state index contributed by atoms with van der Waals surface area (Å²) in [6.45, 7) is 2.34. The molecule has 3 aliphatic rings. The first-order valence-corrected chi connectivity index (χ1v) is 9.15. The Bertz CT molecular complexity index is 385. The van der Waals surface area contributed by atoms with Gasteiger partial charge in [-0.3, -0.25) is 0 Å². The molecule has 0 bridgehead atoms. The standard InChI is InChI=1S/C19H29F3/c1-12-2-4-13(5-3-12)14-6-8-15(9-7-14)16-10-17(20)19(22)18(21)11-16/h8,12-14,16-19H,2-7,9-11H2,1H3. The van der Waals surface area contributed by atoms with Crippen LogP contribution in [0.4, 0.5) is 13.2 Å². The van der Waals surface area contributed by atoms with Gasteiger partial charge in [0.15, 0.2) is 6.17 Å². The van der Waals surface area contributed by atoms with Crippen LogP contribution in [0.25, 0.3) is 0 Å². The summed E-state index contributed by atoms with van der Waals surface area (Å²) in [5, 5.41) is 0. The first-order chi connectivity index (χ1) is 10.5. The van der Waals surface area contributed by atoms with Gasteiger partial charge in [-0.15, -0.1) is 0 Å². The molecule has 0 aromatic rings. The lowest BCUT2D eigenvalue weighted by Crippen LogP contribution is -2.38. The smallest absolute Gasteiger partial charge is 0.162 e. The molecule has 3 unspecified atom stereocenters. The van der Waals surface area contributed by atoms with Crippen molar-refractivity contribution < 1.29 is 13.2 Å². The van der Waals surface area contributed by atoms with Gasteiger partial charge >= 0.3 is 0 Å². The maximum Gasteiger partial charge on any atom is 0.162 e. The summed E-state index contributed by atoms with van der Waals surface area (Å²) in [4.78, 5) is 0. The van der Waals surface area contributed by atoms with E-state index in [0.717, 1.165) is 37.0 Å². The molecular weight excluding hydrogens is 285 g/mol. The molecule has 0 spiro atoms. The summed E-state index contributed by atoms with van der Waals surface area (Å²) >= 11 is 0. The normalized spacial score (nSPS) is 47.1. The number of hydrogen-bond acceptors (Lipinski definition) is 0. The quantitative estimate of drug-likeness (QED) is 0.551. The van der Waals surface area contributed by atoms with Crippen LogP contribution in [-0.2, 0) is 0 Å². The minimum Gasteiger partial charge on any atom is -0.244 e. The molecule has 3 atom stereocenters. The van der Waals surface area contributed by atoms with E-state index in [4.69, 9.17) is 0 Å². The van der Waals surface area contributed by atoms with Gasteiger partial charge in [-0.1, -0.05) is 31.4 Å². The average molecular weight is 314 g/mol. The zero-order chi connectivity index (χ0) is 15.7. The van der Waals surface area contributed by atoms with Crippen LogP contribution >= 0.6 is 0 Å². The molecule has 3 rings (SSSR count). The van der Waals surface area contributed by atoms with E-state index in [1.165, 1.54) is 31.3 Å². The van der Waals surface area contributed by atoms with E-state index in [1.807, 2.05) is 0 Å². The van der Waals surface area contributed by atoms with Gasteiger partial charge in [0.25, 0.3) is 0 Å². The molecule has 3 heteroatoms. The molecular formula is C19H29F3. The van der Waals surface area contributed by atoms with Crippen LogP contribution in [0.3, 0.4) is 0 Å². The third-order valence-corrected chi connectivity index (χ3v) is 6.45. The molecule has 3 aliphatic carbocycles. The van der Waals surface area contributed by atoms with Gasteiger partial charge in [-0.25, -0.2) is 13.2 Å². The zero-order valence-electron chi connectivity index (χ0n) is 13.6. The summed E-state index contributed by atoms with van der Waals surface area (Å²) in [6, 6.07) is 0. The van der Waals surface area contributed by atoms with Gasteiger partial charge in [-0.05, 0) is 68.6 Å². The van der Waals surface area contributed by atoms with Crippen LogP contribution in [0.5, 0.6) is 0 Å². The van der Waals surface area contributed by atoms with Crippen molar-refractivity contribution in [1.82, 2.24) is 0 Å². The van der Waals surface area contributed by atoms with Crippen LogP contribution in [0.15, 0.2) is 11.6 Å². The summed E-state index contributed by atoms with van der Waals surface area (Å²) in [6.07, 6.45) is 6.06. The van der Waals surface area contributed by atoms with Crippen molar-refractivity contribution in [2.24, 2.45) is 23.7 Å². The highest BCUT2D eigenvalue weighted by atomic mass is 19.2. The lowest BCUT2D eigenvalue weighted by atomic mass is 9.69. The fourth-order valence-electron chi connectivity index (χ4n) is 4.86. The van der Waals surface area contributed by atoms with E-state index in [9.17, 15) is 13.2 Å². The number of allylic oxidation sites excluding steroid dienone is 2. The molecule has 22 heavy (non-hydrogen) atoms. The van der Waals surface area contributed by atoms with Gasteiger partial charge in [0.05, 0.1) is 0 Å². The maximum atomic E-state index is 13.6. The Kier molecular flexibility index (Phi) is 5.19. The topological polar surface area (TPSA) is 0 Å². The molecule has 0 radical (unpaired) electrons. The Morgan fingerprint density at radius 1 is 0.864 bits per heavy atom. The number of alkyl halides is 3. The molecule has 0 heterocycles. The monoisotopic (exact) mass is 314 g/mol. The van der Waals surface area contributed by atoms with Crippen LogP contribution in [0, 0.1) is 23.7 Å². The van der Waals surface area contributed by atoms with Crippen molar-refractivity contribution in [2.75, 3.05) is 0 Å². The van der Waals surface area contributed by atoms with E-state index in [2.05, 4.69) is 13.0 Å². The molecule has 0 N–H and O–H groups in total. The van der Waals surface area contributed by atoms with Crippen molar-refractivity contribution >= 4 is 0 Å². The Morgan fingerprint density at radius 2 is 1.50 bits per heavy atom. The fourth-order valence-corrected chi connectivity index (χ4v) is 4.86. The van der Waals surface area contributed by atoms with Gasteiger partial charge < -0.3 is 0 Å². The summed E-state index contributed by atoms with van der Waals surface area (Å²) in [7, 11) is 0. The van der Waals surface area contributed by atoms with Crippen molar-refractivity contribution in [1.29, 1.82) is 0 Å². The van der Waals surface area contributed by atoms with E-state index in [0.29, 0.717) is 0 Å². The van der Waals surface area contributed by atoms with Gasteiger partial charge in [0.2, 0.25) is 0 Å². The molecule has 2 fully saturated rings. The number of hydrogen-bond donors (Lipinski definition) is 0. The number of halogens is 3. The highest BCUT2D eigenvalue weighted by molar-refractivity contribution is 5.14. The fraction of sp³-hybridized carbons (Fsp3) is 0.895. The van der Waals surface area contributed by atoms with Crippen molar-refractivity contribution in [3.8, 4) is 0 Å². The Labute approximate surface area is 132 Å². The summed E-state index contributed by atoms with van der Waals surface area (Å²) in [5.41, 5.74) is 1.21. The summed E-state index contributed by atoms with van der Waals surface area (Å²) < 4.78 is 40.5. The lowest BCUT2D eigenvalue weighted by Gasteiger charge is -2.37. The molecule has 0 nitrogen and oxygen atoms in total. The van der Waals surface area contributed by atoms with Gasteiger partial charge in [0, 0.05) is 0 Å². The predicted molar refractivity (Wildman–Crippen MR) is 84.0 cm³/mol. The Hall–Kier alpha value is -0.470. The minimum absolute atomic E-state index is 0.0654. The maximum absolute atomic E-state index is 13.6. The number of rotatable bonds is 2.